The number of imide groups is 1. The van der Waals surface area contributed by atoms with Crippen LogP contribution in [0.25, 0.3) is 0 Å². The first-order valence-electron chi connectivity index (χ1n) is 5.27. The summed E-state index contributed by atoms with van der Waals surface area (Å²) in [6.45, 7) is 0.0524. The molecule has 1 saturated heterocycles. The maximum absolute atomic E-state index is 11.4. The van der Waals surface area contributed by atoms with E-state index >= 15 is 0 Å². The first-order chi connectivity index (χ1) is 7.56. The Balaban J connectivity index is 2.35. The van der Waals surface area contributed by atoms with Crippen molar-refractivity contribution in [2.24, 2.45) is 0 Å². The molecule has 0 aliphatic carbocycles. The van der Waals surface area contributed by atoms with Crippen LogP contribution >= 0.6 is 0 Å². The quantitative estimate of drug-likeness (QED) is 0.468. The lowest BCUT2D eigenvalue weighted by molar-refractivity contribution is -0.138. The number of hydrogen-bond acceptors (Lipinski definition) is 4. The summed E-state index contributed by atoms with van der Waals surface area (Å²) in [4.78, 5) is 35.0. The molecule has 3 amide bonds. The minimum atomic E-state index is -0.709. The van der Waals surface area contributed by atoms with Gasteiger partial charge in [-0.25, -0.2) is 0 Å². The Kier molecular flexibility index (Phi) is 4.42. The van der Waals surface area contributed by atoms with Crippen molar-refractivity contribution in [2.45, 2.75) is 31.7 Å². The average molecular weight is 228 g/mol. The van der Waals surface area contributed by atoms with Crippen LogP contribution in [-0.4, -0.2) is 47.4 Å². The molecule has 1 aliphatic heterocycles. The van der Waals surface area contributed by atoms with Crippen LogP contribution in [0.1, 0.15) is 25.7 Å². The topological polar surface area (TPSA) is 86.7 Å². The van der Waals surface area contributed by atoms with E-state index in [0.717, 1.165) is 4.90 Å². The van der Waals surface area contributed by atoms with Crippen LogP contribution in [-0.2, 0) is 14.4 Å². The number of carbonyl (C=O) groups is 3. The van der Waals surface area contributed by atoms with Crippen molar-refractivity contribution < 1.29 is 19.5 Å². The molecule has 0 bridgehead atoms. The number of hydrogen-bond donors (Lipinski definition) is 2. The predicted octanol–water partition coefficient (Wildman–Crippen LogP) is -0.977. The maximum Gasteiger partial charge on any atom is 0.252 e. The molecule has 2 N–H and O–H groups in total. The van der Waals surface area contributed by atoms with Gasteiger partial charge in [0.05, 0.1) is 6.42 Å². The Morgan fingerprint density at radius 3 is 2.69 bits per heavy atom. The van der Waals surface area contributed by atoms with E-state index in [1.807, 2.05) is 0 Å². The van der Waals surface area contributed by atoms with Crippen LogP contribution in [0.3, 0.4) is 0 Å². The Morgan fingerprint density at radius 1 is 1.50 bits per heavy atom. The number of aliphatic hydroxyl groups excluding tert-OH is 1. The molecule has 90 valence electrons. The SMILES string of the molecule is CN1C(=O)CC(NC(=O)CCCCO)C1=O. The van der Waals surface area contributed by atoms with E-state index in [9.17, 15) is 14.4 Å². The smallest absolute Gasteiger partial charge is 0.252 e. The third-order valence-corrected chi connectivity index (χ3v) is 2.53. The highest BCUT2D eigenvalue weighted by Crippen LogP contribution is 2.10. The molecule has 6 heteroatoms. The molecule has 0 spiro atoms. The molecule has 6 nitrogen and oxygen atoms in total. The van der Waals surface area contributed by atoms with E-state index in [2.05, 4.69) is 5.32 Å². The van der Waals surface area contributed by atoms with Crippen LogP contribution in [0.5, 0.6) is 0 Å². The van der Waals surface area contributed by atoms with Crippen molar-refractivity contribution in [3.05, 3.63) is 0 Å². The second kappa shape index (κ2) is 5.60. The third-order valence-electron chi connectivity index (χ3n) is 2.53. The van der Waals surface area contributed by atoms with Gasteiger partial charge >= 0.3 is 0 Å². The Labute approximate surface area is 93.6 Å². The van der Waals surface area contributed by atoms with E-state index in [0.29, 0.717) is 12.8 Å². The van der Waals surface area contributed by atoms with Crippen molar-refractivity contribution >= 4 is 17.7 Å². The van der Waals surface area contributed by atoms with Gasteiger partial charge < -0.3 is 10.4 Å². The van der Waals surface area contributed by atoms with Crippen molar-refractivity contribution in [2.75, 3.05) is 13.7 Å². The van der Waals surface area contributed by atoms with Gasteiger partial charge in [-0.1, -0.05) is 0 Å². The van der Waals surface area contributed by atoms with Crippen LogP contribution in [0.4, 0.5) is 0 Å². The minimum Gasteiger partial charge on any atom is -0.396 e. The summed E-state index contributed by atoms with van der Waals surface area (Å²) >= 11 is 0. The van der Waals surface area contributed by atoms with Crippen molar-refractivity contribution in [1.82, 2.24) is 10.2 Å². The molecule has 1 rings (SSSR count). The lowest BCUT2D eigenvalue weighted by atomic mass is 10.2. The molecule has 0 saturated carbocycles. The Hall–Kier alpha value is -1.43. The van der Waals surface area contributed by atoms with Crippen molar-refractivity contribution in [1.29, 1.82) is 0 Å². The highest BCUT2D eigenvalue weighted by molar-refractivity contribution is 6.06. The molecule has 1 heterocycles. The zero-order valence-corrected chi connectivity index (χ0v) is 9.23. The van der Waals surface area contributed by atoms with Crippen LogP contribution in [0.2, 0.25) is 0 Å². The molecule has 1 fully saturated rings. The standard InChI is InChI=1S/C10H16N2O4/c1-12-9(15)6-7(10(12)16)11-8(14)4-2-3-5-13/h7,13H,2-6H2,1H3,(H,11,14). The Morgan fingerprint density at radius 2 is 2.19 bits per heavy atom. The van der Waals surface area contributed by atoms with E-state index in [1.54, 1.807) is 0 Å². The van der Waals surface area contributed by atoms with Gasteiger partial charge in [-0.3, -0.25) is 19.3 Å². The van der Waals surface area contributed by atoms with Gasteiger partial charge in [0.25, 0.3) is 5.91 Å². The van der Waals surface area contributed by atoms with E-state index < -0.39 is 6.04 Å². The molecule has 1 atom stereocenters. The predicted molar refractivity (Wildman–Crippen MR) is 55.3 cm³/mol. The molecule has 0 aromatic heterocycles. The number of nitrogens with zero attached hydrogens (tertiary/aromatic N) is 1. The second-order valence-electron chi connectivity index (χ2n) is 3.80. The van der Waals surface area contributed by atoms with Crippen molar-refractivity contribution in [3.63, 3.8) is 0 Å². The van der Waals surface area contributed by atoms with Crippen LogP contribution in [0.15, 0.2) is 0 Å². The first kappa shape index (κ1) is 12.6. The largest absolute Gasteiger partial charge is 0.396 e. The maximum atomic E-state index is 11.4. The molecule has 0 radical (unpaired) electrons. The molecule has 0 aromatic carbocycles. The lowest BCUT2D eigenvalue weighted by Gasteiger charge is -2.10. The summed E-state index contributed by atoms with van der Waals surface area (Å²) in [5.41, 5.74) is 0. The number of unbranched alkanes of at least 4 members (excludes halogenated alkanes) is 1. The molecule has 1 unspecified atom stereocenters. The summed E-state index contributed by atoms with van der Waals surface area (Å²) in [5, 5.41) is 11.1. The Bertz CT molecular complexity index is 303. The molecule has 16 heavy (non-hydrogen) atoms. The molecule has 1 aliphatic rings. The minimum absolute atomic E-state index is 0.0427. The number of aliphatic hydroxyl groups is 1. The monoisotopic (exact) mass is 228 g/mol. The fraction of sp³-hybridized carbons (Fsp3) is 0.700. The number of likely N-dealkylation sites (tertiary alicyclic amines) is 1. The summed E-state index contributed by atoms with van der Waals surface area (Å²) in [7, 11) is 1.41. The number of amides is 3. The van der Waals surface area contributed by atoms with Crippen LogP contribution < -0.4 is 5.32 Å². The van der Waals surface area contributed by atoms with Gasteiger partial charge in [-0.15, -0.1) is 0 Å². The fourth-order valence-electron chi connectivity index (χ4n) is 1.53. The summed E-state index contributed by atoms with van der Waals surface area (Å²) < 4.78 is 0. The summed E-state index contributed by atoms with van der Waals surface area (Å²) in [6.07, 6.45) is 1.45. The van der Waals surface area contributed by atoms with Gasteiger partial charge in [0, 0.05) is 20.1 Å². The van der Waals surface area contributed by atoms with E-state index in [1.165, 1.54) is 7.05 Å². The number of likely N-dealkylation sites (N-methyl/N-ethyl adjacent to an activating group) is 1. The van der Waals surface area contributed by atoms with Gasteiger partial charge in [0.15, 0.2) is 0 Å². The van der Waals surface area contributed by atoms with Gasteiger partial charge in [0.2, 0.25) is 11.8 Å². The highest BCUT2D eigenvalue weighted by Gasteiger charge is 2.36. The normalized spacial score (nSPS) is 20.4. The van der Waals surface area contributed by atoms with Gasteiger partial charge in [-0.05, 0) is 12.8 Å². The summed E-state index contributed by atoms with van der Waals surface area (Å²) in [5.74, 6) is -0.888. The first-order valence-corrected chi connectivity index (χ1v) is 5.27. The lowest BCUT2D eigenvalue weighted by Crippen LogP contribution is -2.40. The van der Waals surface area contributed by atoms with E-state index in [4.69, 9.17) is 5.11 Å². The van der Waals surface area contributed by atoms with Gasteiger partial charge in [0.1, 0.15) is 6.04 Å². The van der Waals surface area contributed by atoms with Crippen LogP contribution in [0, 0.1) is 0 Å². The number of rotatable bonds is 5. The number of carbonyl (C=O) groups excluding carboxylic acids is 3. The zero-order valence-electron chi connectivity index (χ0n) is 9.23. The molecule has 0 aromatic rings. The van der Waals surface area contributed by atoms with Crippen molar-refractivity contribution in [3.8, 4) is 0 Å². The average Bonchev–Trinajstić information content (AvgIpc) is 2.47. The van der Waals surface area contributed by atoms with E-state index in [-0.39, 0.29) is 37.2 Å². The summed E-state index contributed by atoms with van der Waals surface area (Å²) in [6, 6.07) is -0.709. The zero-order chi connectivity index (χ0) is 12.1. The molecular weight excluding hydrogens is 212 g/mol. The molecular formula is C10H16N2O4. The van der Waals surface area contributed by atoms with Gasteiger partial charge in [-0.2, -0.15) is 0 Å². The highest BCUT2D eigenvalue weighted by atomic mass is 16.3. The second-order valence-corrected chi connectivity index (χ2v) is 3.80. The fourth-order valence-corrected chi connectivity index (χ4v) is 1.53. The number of nitrogens with one attached hydrogen (secondary N) is 1. The third kappa shape index (κ3) is 3.03.